The molecule has 0 bridgehead atoms. The van der Waals surface area contributed by atoms with Crippen molar-refractivity contribution in [3.63, 3.8) is 0 Å². The Morgan fingerprint density at radius 1 is 0.283 bits per heavy atom. The number of para-hydroxylation sites is 2. The van der Waals surface area contributed by atoms with Gasteiger partial charge in [-0.15, -0.1) is 0 Å². The Balaban J connectivity index is 1.50. The predicted octanol–water partition coefficient (Wildman–Crippen LogP) is 10.5. The topological polar surface area (TPSA) is 36.9 Å². The molecule has 0 heterocycles. The zero-order chi connectivity index (χ0) is 34.0. The van der Waals surface area contributed by atoms with Crippen molar-refractivity contribution in [1.82, 2.24) is 0 Å². The summed E-state index contributed by atoms with van der Waals surface area (Å²) in [5.74, 6) is -33.1. The maximum Gasteiger partial charge on any atom is 0.471 e. The van der Waals surface area contributed by atoms with Crippen LogP contribution in [0.5, 0.6) is 34.5 Å². The van der Waals surface area contributed by atoms with Crippen LogP contribution in [0.4, 0.5) is 52.7 Å². The Labute approximate surface area is 251 Å². The summed E-state index contributed by atoms with van der Waals surface area (Å²) in [4.78, 5) is 0. The van der Waals surface area contributed by atoms with E-state index in [1.165, 1.54) is 24.3 Å². The molecule has 0 atom stereocenters. The van der Waals surface area contributed by atoms with E-state index >= 15 is 0 Å². The molecule has 0 saturated heterocycles. The number of halogens is 12. The molecule has 246 valence electrons. The van der Waals surface area contributed by atoms with Crippen LogP contribution in [-0.4, -0.2) is 35.9 Å². The molecule has 4 aromatic rings. The molecule has 0 fully saturated rings. The molecular formula is C30H18F12O4. The Bertz CT molecular complexity index is 1460. The molecular weight excluding hydrogens is 652 g/mol. The van der Waals surface area contributed by atoms with Crippen LogP contribution in [0.15, 0.2) is 109 Å². The minimum absolute atomic E-state index is 0.106. The third-order valence-electron chi connectivity index (χ3n) is 6.01. The smallest absolute Gasteiger partial charge is 0.457 e. The average molecular weight is 670 g/mol. The largest absolute Gasteiger partial charge is 0.471 e. The SMILES string of the molecule is FC(F)(Oc1ccc(Oc2ccccc2)cc1)C(F)(F)C(F)(F)C(F)(F)C(F)(F)C(F)(F)Oc1ccc(Oc2ccccc2)cc1. The lowest BCUT2D eigenvalue weighted by molar-refractivity contribution is -0.461. The molecule has 4 nitrogen and oxygen atoms in total. The summed E-state index contributed by atoms with van der Waals surface area (Å²) in [6.07, 6.45) is -13.3. The first kappa shape index (κ1) is 34.1. The van der Waals surface area contributed by atoms with Gasteiger partial charge in [0.2, 0.25) is 0 Å². The normalized spacial score (nSPS) is 13.2. The number of alkyl halides is 12. The van der Waals surface area contributed by atoms with Gasteiger partial charge in [-0.2, -0.15) is 52.7 Å². The summed E-state index contributed by atoms with van der Waals surface area (Å²) in [5, 5.41) is 0. The molecule has 0 spiro atoms. The highest BCUT2D eigenvalue weighted by atomic mass is 19.4. The summed E-state index contributed by atoms with van der Waals surface area (Å²) in [7, 11) is 0. The standard InChI is InChI=1S/C30H18F12O4/c31-25(32,27(35,36)29(39,40)45-23-15-11-21(12-16-23)43-19-7-3-1-4-8-19)26(33,34)28(37,38)30(41,42)46-24-17-13-22(14-18-24)44-20-9-5-2-6-10-20/h1-18H. The summed E-state index contributed by atoms with van der Waals surface area (Å²) in [6, 6.07) is 20.5. The quantitative estimate of drug-likeness (QED) is 0.133. The van der Waals surface area contributed by atoms with E-state index in [1.54, 1.807) is 36.4 Å². The molecule has 0 N–H and O–H groups in total. The molecule has 0 amide bonds. The van der Waals surface area contributed by atoms with Crippen LogP contribution in [0.2, 0.25) is 0 Å². The van der Waals surface area contributed by atoms with Gasteiger partial charge in [0.15, 0.2) is 0 Å². The Morgan fingerprint density at radius 2 is 0.522 bits per heavy atom. The van der Waals surface area contributed by atoms with E-state index in [0.29, 0.717) is 24.3 Å². The van der Waals surface area contributed by atoms with Crippen LogP contribution in [-0.2, 0) is 0 Å². The lowest BCUT2D eigenvalue weighted by Crippen LogP contribution is -2.72. The predicted molar refractivity (Wildman–Crippen MR) is 137 cm³/mol. The molecule has 4 aromatic carbocycles. The van der Waals surface area contributed by atoms with E-state index in [-0.39, 0.29) is 23.0 Å². The Kier molecular flexibility index (Phi) is 9.06. The highest BCUT2D eigenvalue weighted by molar-refractivity contribution is 5.37. The second-order valence-electron chi connectivity index (χ2n) is 9.31. The molecule has 46 heavy (non-hydrogen) atoms. The molecule has 0 aliphatic rings. The van der Waals surface area contributed by atoms with Gasteiger partial charge in [0.05, 0.1) is 0 Å². The molecule has 4 rings (SSSR count). The summed E-state index contributed by atoms with van der Waals surface area (Å²) < 4.78 is 189. The Hall–Kier alpha value is -4.76. The molecule has 0 saturated carbocycles. The molecule has 16 heteroatoms. The van der Waals surface area contributed by atoms with Crippen molar-refractivity contribution in [2.45, 2.75) is 35.9 Å². The third-order valence-corrected chi connectivity index (χ3v) is 6.01. The van der Waals surface area contributed by atoms with E-state index in [1.807, 2.05) is 0 Å². The van der Waals surface area contributed by atoms with Gasteiger partial charge in [0, 0.05) is 0 Å². The van der Waals surface area contributed by atoms with E-state index < -0.39 is 47.4 Å². The maximum atomic E-state index is 14.3. The number of hydrogen-bond donors (Lipinski definition) is 0. The van der Waals surface area contributed by atoms with Crippen molar-refractivity contribution in [1.29, 1.82) is 0 Å². The van der Waals surface area contributed by atoms with Gasteiger partial charge < -0.3 is 18.9 Å². The molecule has 0 aliphatic carbocycles. The van der Waals surface area contributed by atoms with Crippen molar-refractivity contribution >= 4 is 0 Å². The Morgan fingerprint density at radius 3 is 0.804 bits per heavy atom. The van der Waals surface area contributed by atoms with Crippen LogP contribution in [0.3, 0.4) is 0 Å². The van der Waals surface area contributed by atoms with Crippen molar-refractivity contribution in [2.24, 2.45) is 0 Å². The van der Waals surface area contributed by atoms with Gasteiger partial charge in [0.1, 0.15) is 34.5 Å². The van der Waals surface area contributed by atoms with E-state index in [9.17, 15) is 52.7 Å². The number of rotatable bonds is 13. The molecule has 0 radical (unpaired) electrons. The first-order chi connectivity index (χ1) is 21.3. The molecule has 0 aliphatic heterocycles. The van der Waals surface area contributed by atoms with Crippen LogP contribution in [0.1, 0.15) is 0 Å². The van der Waals surface area contributed by atoms with Crippen LogP contribution >= 0.6 is 0 Å². The second kappa shape index (κ2) is 12.2. The van der Waals surface area contributed by atoms with Crippen molar-refractivity contribution in [3.05, 3.63) is 109 Å². The van der Waals surface area contributed by atoms with Crippen molar-refractivity contribution < 1.29 is 71.6 Å². The molecule has 0 unspecified atom stereocenters. The monoisotopic (exact) mass is 670 g/mol. The minimum Gasteiger partial charge on any atom is -0.457 e. The summed E-state index contributed by atoms with van der Waals surface area (Å²) in [6.45, 7) is 0. The first-order valence-corrected chi connectivity index (χ1v) is 12.6. The second-order valence-corrected chi connectivity index (χ2v) is 9.31. The van der Waals surface area contributed by atoms with Gasteiger partial charge in [-0.05, 0) is 72.8 Å². The lowest BCUT2D eigenvalue weighted by Gasteiger charge is -2.40. The van der Waals surface area contributed by atoms with Gasteiger partial charge in [-0.1, -0.05) is 36.4 Å². The molecule has 0 aromatic heterocycles. The fraction of sp³-hybridized carbons (Fsp3) is 0.200. The number of benzene rings is 4. The number of ether oxygens (including phenoxy) is 4. The minimum atomic E-state index is -7.86. The third kappa shape index (κ3) is 6.46. The van der Waals surface area contributed by atoms with Crippen LogP contribution < -0.4 is 18.9 Å². The van der Waals surface area contributed by atoms with Crippen molar-refractivity contribution in [2.75, 3.05) is 0 Å². The first-order valence-electron chi connectivity index (χ1n) is 12.6. The summed E-state index contributed by atoms with van der Waals surface area (Å²) >= 11 is 0. The summed E-state index contributed by atoms with van der Waals surface area (Å²) in [5.41, 5.74) is 0. The van der Waals surface area contributed by atoms with Crippen LogP contribution in [0, 0.1) is 0 Å². The van der Waals surface area contributed by atoms with Gasteiger partial charge in [-0.25, -0.2) is 0 Å². The zero-order valence-electron chi connectivity index (χ0n) is 22.6. The van der Waals surface area contributed by atoms with E-state index in [2.05, 4.69) is 9.47 Å². The zero-order valence-corrected chi connectivity index (χ0v) is 22.6. The lowest BCUT2D eigenvalue weighted by atomic mass is 9.97. The van der Waals surface area contributed by atoms with Gasteiger partial charge in [0.25, 0.3) is 0 Å². The highest BCUT2D eigenvalue weighted by Crippen LogP contribution is 2.60. The fourth-order valence-electron chi connectivity index (χ4n) is 3.58. The van der Waals surface area contributed by atoms with Crippen LogP contribution in [0.25, 0.3) is 0 Å². The van der Waals surface area contributed by atoms with Crippen molar-refractivity contribution in [3.8, 4) is 34.5 Å². The van der Waals surface area contributed by atoms with E-state index in [0.717, 1.165) is 24.3 Å². The average Bonchev–Trinajstić information content (AvgIpc) is 2.99. The highest BCUT2D eigenvalue weighted by Gasteiger charge is 2.92. The van der Waals surface area contributed by atoms with E-state index in [4.69, 9.17) is 9.47 Å². The number of hydrogen-bond acceptors (Lipinski definition) is 4. The van der Waals surface area contributed by atoms with Gasteiger partial charge >= 0.3 is 35.9 Å². The fourth-order valence-corrected chi connectivity index (χ4v) is 3.58. The maximum absolute atomic E-state index is 14.3. The van der Waals surface area contributed by atoms with Gasteiger partial charge in [-0.3, -0.25) is 0 Å².